The summed E-state index contributed by atoms with van der Waals surface area (Å²) in [5.41, 5.74) is 4.39. The fraction of sp³-hybridized carbons (Fsp3) is 0.188. The Labute approximate surface area is 125 Å². The number of benzene rings is 2. The van der Waals surface area contributed by atoms with Gasteiger partial charge in [0.2, 0.25) is 0 Å². The Morgan fingerprint density at radius 1 is 1.00 bits per heavy atom. The molecule has 2 N–H and O–H groups in total. The highest BCUT2D eigenvalue weighted by molar-refractivity contribution is 7.80. The van der Waals surface area contributed by atoms with Gasteiger partial charge in [0.15, 0.2) is 5.11 Å². The van der Waals surface area contributed by atoms with E-state index < -0.39 is 0 Å². The van der Waals surface area contributed by atoms with Crippen LogP contribution in [0.25, 0.3) is 0 Å². The fourth-order valence-corrected chi connectivity index (χ4v) is 2.07. The molecule has 4 heteroatoms. The first-order valence-corrected chi connectivity index (χ1v) is 6.79. The minimum absolute atomic E-state index is 0.573. The van der Waals surface area contributed by atoms with Crippen molar-refractivity contribution in [3.8, 4) is 5.75 Å². The van der Waals surface area contributed by atoms with E-state index in [2.05, 4.69) is 30.5 Å². The zero-order chi connectivity index (χ0) is 14.5. The lowest BCUT2D eigenvalue weighted by Crippen LogP contribution is -2.19. The molecule has 0 spiro atoms. The van der Waals surface area contributed by atoms with Crippen molar-refractivity contribution in [2.45, 2.75) is 13.8 Å². The molecule has 0 aromatic heterocycles. The Morgan fingerprint density at radius 2 is 1.70 bits per heavy atom. The summed E-state index contributed by atoms with van der Waals surface area (Å²) in [6.45, 7) is 4.16. The van der Waals surface area contributed by atoms with E-state index in [1.54, 1.807) is 7.11 Å². The van der Waals surface area contributed by atoms with E-state index >= 15 is 0 Å². The van der Waals surface area contributed by atoms with E-state index in [9.17, 15) is 0 Å². The third-order valence-electron chi connectivity index (χ3n) is 3.20. The maximum atomic E-state index is 5.33. The monoisotopic (exact) mass is 286 g/mol. The summed E-state index contributed by atoms with van der Waals surface area (Å²) in [4.78, 5) is 0. The summed E-state index contributed by atoms with van der Waals surface area (Å²) in [5.74, 6) is 0.823. The lowest BCUT2D eigenvalue weighted by atomic mass is 10.1. The molecule has 0 atom stereocenters. The Bertz CT molecular complexity index is 608. The first-order chi connectivity index (χ1) is 9.60. The molecule has 0 saturated heterocycles. The van der Waals surface area contributed by atoms with Crippen molar-refractivity contribution in [3.05, 3.63) is 53.6 Å². The average molecular weight is 286 g/mol. The number of methoxy groups -OCH3 is 1. The van der Waals surface area contributed by atoms with Crippen LogP contribution in [-0.4, -0.2) is 12.2 Å². The van der Waals surface area contributed by atoms with Crippen LogP contribution in [0.1, 0.15) is 11.1 Å². The molecule has 0 aliphatic rings. The van der Waals surface area contributed by atoms with E-state index in [0.717, 1.165) is 17.1 Å². The molecule has 0 amide bonds. The first-order valence-electron chi connectivity index (χ1n) is 6.38. The zero-order valence-electron chi connectivity index (χ0n) is 11.9. The quantitative estimate of drug-likeness (QED) is 0.832. The number of ether oxygens (including phenoxy) is 1. The normalized spacial score (nSPS) is 9.95. The predicted octanol–water partition coefficient (Wildman–Crippen LogP) is 4.12. The van der Waals surface area contributed by atoms with Crippen molar-refractivity contribution in [3.63, 3.8) is 0 Å². The van der Waals surface area contributed by atoms with Crippen LogP contribution in [-0.2, 0) is 0 Å². The van der Waals surface area contributed by atoms with Crippen LogP contribution in [0.2, 0.25) is 0 Å². The molecule has 104 valence electrons. The van der Waals surface area contributed by atoms with Gasteiger partial charge in [-0.25, -0.2) is 0 Å². The summed E-state index contributed by atoms with van der Waals surface area (Å²) >= 11 is 5.33. The van der Waals surface area contributed by atoms with E-state index in [0.29, 0.717) is 5.11 Å². The van der Waals surface area contributed by atoms with Gasteiger partial charge in [0.25, 0.3) is 0 Å². The molecule has 3 nitrogen and oxygen atoms in total. The number of thiocarbonyl (C=S) groups is 1. The largest absolute Gasteiger partial charge is 0.497 e. The molecule has 0 saturated carbocycles. The molecule has 0 heterocycles. The van der Waals surface area contributed by atoms with Gasteiger partial charge in [-0.1, -0.05) is 12.1 Å². The molecule has 0 bridgehead atoms. The van der Waals surface area contributed by atoms with Gasteiger partial charge in [-0.3, -0.25) is 0 Å². The van der Waals surface area contributed by atoms with Gasteiger partial charge in [0.1, 0.15) is 5.75 Å². The van der Waals surface area contributed by atoms with Gasteiger partial charge in [0.05, 0.1) is 7.11 Å². The zero-order valence-corrected chi connectivity index (χ0v) is 12.7. The Kier molecular flexibility index (Phi) is 4.58. The highest BCUT2D eigenvalue weighted by atomic mass is 32.1. The second kappa shape index (κ2) is 6.39. The van der Waals surface area contributed by atoms with Crippen LogP contribution in [0.4, 0.5) is 11.4 Å². The highest BCUT2D eigenvalue weighted by Crippen LogP contribution is 2.19. The molecule has 0 fully saturated rings. The van der Waals surface area contributed by atoms with Gasteiger partial charge >= 0.3 is 0 Å². The predicted molar refractivity (Wildman–Crippen MR) is 88.8 cm³/mol. The number of hydrogen-bond acceptors (Lipinski definition) is 2. The second-order valence-electron chi connectivity index (χ2n) is 4.56. The highest BCUT2D eigenvalue weighted by Gasteiger charge is 2.03. The van der Waals surface area contributed by atoms with Crippen molar-refractivity contribution in [1.82, 2.24) is 0 Å². The van der Waals surface area contributed by atoms with Crippen LogP contribution in [0, 0.1) is 13.8 Å². The molecule has 2 aromatic rings. The molecule has 20 heavy (non-hydrogen) atoms. The topological polar surface area (TPSA) is 33.3 Å². The van der Waals surface area contributed by atoms with Gasteiger partial charge in [-0.05, 0) is 67.5 Å². The van der Waals surface area contributed by atoms with Crippen molar-refractivity contribution >= 4 is 28.7 Å². The first kappa shape index (κ1) is 14.3. The SMILES string of the molecule is COc1ccc(NC(=S)Nc2cccc(C)c2C)cc1. The third kappa shape index (κ3) is 3.48. The number of aryl methyl sites for hydroxylation is 1. The lowest BCUT2D eigenvalue weighted by Gasteiger charge is -2.14. The minimum atomic E-state index is 0.573. The maximum absolute atomic E-state index is 5.33. The Morgan fingerprint density at radius 3 is 2.35 bits per heavy atom. The summed E-state index contributed by atoms with van der Waals surface area (Å²) in [5, 5.41) is 6.94. The average Bonchev–Trinajstić information content (AvgIpc) is 2.45. The van der Waals surface area contributed by atoms with Crippen LogP contribution < -0.4 is 15.4 Å². The maximum Gasteiger partial charge on any atom is 0.175 e. The Balaban J connectivity index is 2.03. The van der Waals surface area contributed by atoms with E-state index in [4.69, 9.17) is 17.0 Å². The van der Waals surface area contributed by atoms with Gasteiger partial charge < -0.3 is 15.4 Å². The lowest BCUT2D eigenvalue weighted by molar-refractivity contribution is 0.415. The van der Waals surface area contributed by atoms with Gasteiger partial charge in [-0.15, -0.1) is 0 Å². The van der Waals surface area contributed by atoms with Gasteiger partial charge in [0, 0.05) is 11.4 Å². The molecule has 2 rings (SSSR count). The van der Waals surface area contributed by atoms with Crippen molar-refractivity contribution in [1.29, 1.82) is 0 Å². The number of hydrogen-bond donors (Lipinski definition) is 2. The summed E-state index contributed by atoms with van der Waals surface area (Å²) in [6, 6.07) is 13.8. The van der Waals surface area contributed by atoms with Crippen molar-refractivity contribution < 1.29 is 4.74 Å². The summed E-state index contributed by atoms with van der Waals surface area (Å²) < 4.78 is 5.12. The molecule has 0 aliphatic heterocycles. The van der Waals surface area contributed by atoms with Crippen molar-refractivity contribution in [2.75, 3.05) is 17.7 Å². The molecular weight excluding hydrogens is 268 g/mol. The Hall–Kier alpha value is -2.07. The standard InChI is InChI=1S/C16H18N2OS/c1-11-5-4-6-15(12(11)2)18-16(20)17-13-7-9-14(19-3)10-8-13/h4-10H,1-3H3,(H2,17,18,20). The third-order valence-corrected chi connectivity index (χ3v) is 3.40. The molecule has 0 unspecified atom stereocenters. The minimum Gasteiger partial charge on any atom is -0.497 e. The second-order valence-corrected chi connectivity index (χ2v) is 4.96. The number of nitrogens with one attached hydrogen (secondary N) is 2. The molecule has 0 aliphatic carbocycles. The number of rotatable bonds is 3. The van der Waals surface area contributed by atoms with E-state index in [1.165, 1.54) is 11.1 Å². The molecule has 2 aromatic carbocycles. The fourth-order valence-electron chi connectivity index (χ4n) is 1.85. The molecule has 0 radical (unpaired) electrons. The smallest absolute Gasteiger partial charge is 0.175 e. The number of anilines is 2. The van der Waals surface area contributed by atoms with Crippen LogP contribution in [0.5, 0.6) is 5.75 Å². The van der Waals surface area contributed by atoms with E-state index in [-0.39, 0.29) is 0 Å². The van der Waals surface area contributed by atoms with Crippen LogP contribution in [0.3, 0.4) is 0 Å². The van der Waals surface area contributed by atoms with E-state index in [1.807, 2.05) is 36.4 Å². The summed E-state index contributed by atoms with van der Waals surface area (Å²) in [7, 11) is 1.65. The molecular formula is C16H18N2OS. The van der Waals surface area contributed by atoms with Crippen LogP contribution >= 0.6 is 12.2 Å². The van der Waals surface area contributed by atoms with Gasteiger partial charge in [-0.2, -0.15) is 0 Å². The summed E-state index contributed by atoms with van der Waals surface area (Å²) in [6.07, 6.45) is 0. The van der Waals surface area contributed by atoms with Crippen LogP contribution in [0.15, 0.2) is 42.5 Å². The van der Waals surface area contributed by atoms with Crippen molar-refractivity contribution in [2.24, 2.45) is 0 Å².